The van der Waals surface area contributed by atoms with Crippen LogP contribution in [0.5, 0.6) is 11.5 Å². The van der Waals surface area contributed by atoms with Gasteiger partial charge in [0.05, 0.1) is 5.60 Å². The number of phenolic OH excluding ortho intramolecular Hbond substituents is 2. The van der Waals surface area contributed by atoms with Gasteiger partial charge in [0, 0.05) is 19.8 Å². The van der Waals surface area contributed by atoms with Crippen molar-refractivity contribution in [2.45, 2.75) is 51.7 Å². The fourth-order valence-corrected chi connectivity index (χ4v) is 5.64. The van der Waals surface area contributed by atoms with Crippen LogP contribution in [0.15, 0.2) is 48.5 Å². The summed E-state index contributed by atoms with van der Waals surface area (Å²) in [5, 5.41) is 18.8. The Balaban J connectivity index is 1.96. The van der Waals surface area contributed by atoms with Crippen molar-refractivity contribution in [2.75, 3.05) is 13.7 Å². The highest BCUT2D eigenvalue weighted by molar-refractivity contribution is 6.60. The average Bonchev–Trinajstić information content (AvgIpc) is 2.65. The first-order valence-corrected chi connectivity index (χ1v) is 11.6. The molecule has 2 rings (SSSR count). The molecule has 0 saturated heterocycles. The standard InChI is InChI=1S/C22H32O5Si/c1-22(2,3)27-28(25-4,17-15-19-9-13-21(24)14-10-19)26-16-5-6-18-7-11-20(23)12-8-18/h7-14,23-24H,5-6,15-17H2,1-4H3. The number of aryl methyl sites for hydroxylation is 2. The van der Waals surface area contributed by atoms with Gasteiger partial charge in [0.1, 0.15) is 11.5 Å². The van der Waals surface area contributed by atoms with Crippen LogP contribution in [0, 0.1) is 0 Å². The van der Waals surface area contributed by atoms with Crippen molar-refractivity contribution in [3.8, 4) is 11.5 Å². The van der Waals surface area contributed by atoms with E-state index in [1.165, 1.54) is 0 Å². The fraction of sp³-hybridized carbons (Fsp3) is 0.455. The first kappa shape index (κ1) is 22.4. The highest BCUT2D eigenvalue weighted by atomic mass is 28.4. The first-order valence-electron chi connectivity index (χ1n) is 9.66. The van der Waals surface area contributed by atoms with E-state index in [0.717, 1.165) is 30.4 Å². The van der Waals surface area contributed by atoms with Crippen molar-refractivity contribution >= 4 is 8.80 Å². The molecule has 154 valence electrons. The van der Waals surface area contributed by atoms with E-state index in [-0.39, 0.29) is 17.1 Å². The molecule has 2 aromatic rings. The molecule has 0 aliphatic heterocycles. The zero-order chi connectivity index (χ0) is 20.6. The Bertz CT molecular complexity index is 709. The second-order valence-electron chi connectivity index (χ2n) is 7.89. The molecule has 0 aliphatic rings. The summed E-state index contributed by atoms with van der Waals surface area (Å²) < 4.78 is 18.4. The monoisotopic (exact) mass is 404 g/mol. The summed E-state index contributed by atoms with van der Waals surface area (Å²) in [7, 11) is -1.19. The molecule has 6 heteroatoms. The van der Waals surface area contributed by atoms with Gasteiger partial charge in [0.2, 0.25) is 0 Å². The first-order chi connectivity index (χ1) is 13.2. The predicted octanol–water partition coefficient (Wildman–Crippen LogP) is 4.69. The van der Waals surface area contributed by atoms with Crippen LogP contribution in [0.1, 0.15) is 38.3 Å². The van der Waals surface area contributed by atoms with E-state index in [1.807, 2.05) is 45.0 Å². The summed E-state index contributed by atoms with van der Waals surface area (Å²) in [4.78, 5) is 0. The molecule has 1 atom stereocenters. The fourth-order valence-electron chi connectivity index (χ4n) is 2.95. The molecule has 0 saturated carbocycles. The minimum Gasteiger partial charge on any atom is -0.508 e. The minimum atomic E-state index is -2.85. The van der Waals surface area contributed by atoms with Gasteiger partial charge in [0.15, 0.2) is 0 Å². The molecule has 5 nitrogen and oxygen atoms in total. The van der Waals surface area contributed by atoms with Gasteiger partial charge in [0.25, 0.3) is 0 Å². The van der Waals surface area contributed by atoms with E-state index < -0.39 is 8.80 Å². The summed E-state index contributed by atoms with van der Waals surface area (Å²) in [5.74, 6) is 0.536. The highest BCUT2D eigenvalue weighted by Crippen LogP contribution is 2.25. The van der Waals surface area contributed by atoms with Crippen molar-refractivity contribution in [3.63, 3.8) is 0 Å². The van der Waals surface area contributed by atoms with E-state index in [4.69, 9.17) is 13.3 Å². The summed E-state index contributed by atoms with van der Waals surface area (Å²) in [6.45, 7) is 6.57. The van der Waals surface area contributed by atoms with Crippen LogP contribution in [0.4, 0.5) is 0 Å². The van der Waals surface area contributed by atoms with Gasteiger partial charge in [-0.25, -0.2) is 0 Å². The van der Waals surface area contributed by atoms with E-state index >= 15 is 0 Å². The molecule has 0 spiro atoms. The number of aromatic hydroxyl groups is 2. The third kappa shape index (κ3) is 7.64. The zero-order valence-corrected chi connectivity index (χ0v) is 18.3. The maximum absolute atomic E-state index is 9.46. The van der Waals surface area contributed by atoms with Crippen LogP contribution in [0.3, 0.4) is 0 Å². The molecular formula is C22H32O5Si. The predicted molar refractivity (Wildman–Crippen MR) is 113 cm³/mol. The van der Waals surface area contributed by atoms with Crippen LogP contribution < -0.4 is 0 Å². The second kappa shape index (κ2) is 10.1. The summed E-state index contributed by atoms with van der Waals surface area (Å²) in [5.41, 5.74) is 1.90. The molecule has 2 N–H and O–H groups in total. The van der Waals surface area contributed by atoms with Crippen molar-refractivity contribution in [2.24, 2.45) is 0 Å². The van der Waals surface area contributed by atoms with Gasteiger partial charge in [-0.1, -0.05) is 24.3 Å². The Kier molecular flexibility index (Phi) is 8.06. The zero-order valence-electron chi connectivity index (χ0n) is 17.3. The van der Waals surface area contributed by atoms with Gasteiger partial charge >= 0.3 is 8.80 Å². The molecule has 0 fully saturated rings. The normalized spacial score (nSPS) is 14.0. The van der Waals surface area contributed by atoms with E-state index in [0.29, 0.717) is 12.7 Å². The molecule has 2 aromatic carbocycles. The maximum atomic E-state index is 9.46. The molecule has 0 heterocycles. The summed E-state index contributed by atoms with van der Waals surface area (Å²) >= 11 is 0. The molecule has 0 amide bonds. The van der Waals surface area contributed by atoms with Crippen molar-refractivity contribution < 1.29 is 23.5 Å². The van der Waals surface area contributed by atoms with Crippen molar-refractivity contribution in [1.82, 2.24) is 0 Å². The van der Waals surface area contributed by atoms with Crippen LogP contribution in [0.25, 0.3) is 0 Å². The molecule has 28 heavy (non-hydrogen) atoms. The number of rotatable bonds is 10. The van der Waals surface area contributed by atoms with Gasteiger partial charge in [-0.15, -0.1) is 0 Å². The number of hydrogen-bond acceptors (Lipinski definition) is 5. The third-order valence-corrected chi connectivity index (χ3v) is 7.35. The maximum Gasteiger partial charge on any atom is 0.501 e. The molecule has 0 aliphatic carbocycles. The second-order valence-corrected chi connectivity index (χ2v) is 10.7. The third-order valence-electron chi connectivity index (χ3n) is 4.30. The lowest BCUT2D eigenvalue weighted by atomic mass is 10.1. The minimum absolute atomic E-state index is 0.260. The lowest BCUT2D eigenvalue weighted by Gasteiger charge is -2.35. The highest BCUT2D eigenvalue weighted by Gasteiger charge is 2.43. The molecule has 0 radical (unpaired) electrons. The van der Waals surface area contributed by atoms with Gasteiger partial charge in [-0.05, 0) is 75.4 Å². The Morgan fingerprint density at radius 2 is 1.32 bits per heavy atom. The molecular weight excluding hydrogens is 372 g/mol. The number of benzene rings is 2. The van der Waals surface area contributed by atoms with Gasteiger partial charge in [-0.3, -0.25) is 0 Å². The van der Waals surface area contributed by atoms with Crippen molar-refractivity contribution in [3.05, 3.63) is 59.7 Å². The largest absolute Gasteiger partial charge is 0.508 e. The van der Waals surface area contributed by atoms with Crippen LogP contribution >= 0.6 is 0 Å². The van der Waals surface area contributed by atoms with Crippen molar-refractivity contribution in [1.29, 1.82) is 0 Å². The number of phenols is 2. The SMILES string of the molecule is CO[Si](CCc1ccc(O)cc1)(OCCCc1ccc(O)cc1)OC(C)(C)C. The van der Waals surface area contributed by atoms with E-state index in [9.17, 15) is 10.2 Å². The summed E-state index contributed by atoms with van der Waals surface area (Å²) in [6, 6.07) is 15.1. The van der Waals surface area contributed by atoms with Gasteiger partial charge < -0.3 is 23.5 Å². The molecule has 0 bridgehead atoms. The van der Waals surface area contributed by atoms with Gasteiger partial charge in [-0.2, -0.15) is 0 Å². The molecule has 0 aromatic heterocycles. The summed E-state index contributed by atoms with van der Waals surface area (Å²) in [6.07, 6.45) is 2.46. The van der Waals surface area contributed by atoms with E-state index in [1.54, 1.807) is 31.4 Å². The Morgan fingerprint density at radius 1 is 0.821 bits per heavy atom. The van der Waals surface area contributed by atoms with E-state index in [2.05, 4.69) is 0 Å². The quantitative estimate of drug-likeness (QED) is 0.444. The Hall–Kier alpha value is -1.86. The lowest BCUT2D eigenvalue weighted by molar-refractivity contribution is 0.00528. The molecule has 1 unspecified atom stereocenters. The van der Waals surface area contributed by atoms with Crippen LogP contribution in [-0.2, 0) is 26.1 Å². The van der Waals surface area contributed by atoms with Crippen LogP contribution in [-0.4, -0.2) is 38.3 Å². The number of hydrogen-bond donors (Lipinski definition) is 2. The lowest BCUT2D eigenvalue weighted by Crippen LogP contribution is -2.50. The topological polar surface area (TPSA) is 68.2 Å². The van der Waals surface area contributed by atoms with Crippen LogP contribution in [0.2, 0.25) is 6.04 Å². The average molecular weight is 405 g/mol. The Morgan fingerprint density at radius 3 is 1.79 bits per heavy atom. The smallest absolute Gasteiger partial charge is 0.501 e. The Labute approximate surface area is 169 Å².